The second kappa shape index (κ2) is 8.86. The van der Waals surface area contributed by atoms with Gasteiger partial charge in [-0.1, -0.05) is 13.8 Å². The largest absolute Gasteiger partial charge is 0.390 e. The van der Waals surface area contributed by atoms with E-state index in [9.17, 15) is 5.11 Å². The van der Waals surface area contributed by atoms with Crippen molar-refractivity contribution < 1.29 is 9.84 Å². The fourth-order valence-electron chi connectivity index (χ4n) is 2.17. The molecule has 0 spiro atoms. The Morgan fingerprint density at radius 1 is 1.17 bits per heavy atom. The first-order valence-electron chi connectivity index (χ1n) is 7.29. The van der Waals surface area contributed by atoms with Gasteiger partial charge in [0.15, 0.2) is 0 Å². The van der Waals surface area contributed by atoms with Gasteiger partial charge in [0, 0.05) is 32.2 Å². The van der Waals surface area contributed by atoms with Crippen LogP contribution in [0.1, 0.15) is 33.6 Å². The molecule has 4 nitrogen and oxygen atoms in total. The van der Waals surface area contributed by atoms with Crippen molar-refractivity contribution in [1.82, 2.24) is 10.2 Å². The van der Waals surface area contributed by atoms with Gasteiger partial charge in [-0.3, -0.25) is 4.90 Å². The molecule has 108 valence electrons. The van der Waals surface area contributed by atoms with Crippen molar-refractivity contribution in [2.45, 2.75) is 45.8 Å². The van der Waals surface area contributed by atoms with Gasteiger partial charge in [0.25, 0.3) is 0 Å². The molecule has 0 aliphatic carbocycles. The molecule has 1 saturated heterocycles. The van der Waals surface area contributed by atoms with Gasteiger partial charge in [0.05, 0.1) is 19.3 Å². The number of hydrogen-bond donors (Lipinski definition) is 2. The standard InChI is InChI=1S/C14H30N2O2/c1-12(2)4-5-13(3)15-10-14(17)11-16-6-8-18-9-7-16/h12-15,17H,4-11H2,1-3H3. The Morgan fingerprint density at radius 3 is 2.44 bits per heavy atom. The van der Waals surface area contributed by atoms with Crippen molar-refractivity contribution in [2.75, 3.05) is 39.4 Å². The summed E-state index contributed by atoms with van der Waals surface area (Å²) >= 11 is 0. The van der Waals surface area contributed by atoms with Gasteiger partial charge >= 0.3 is 0 Å². The van der Waals surface area contributed by atoms with E-state index < -0.39 is 0 Å². The Kier molecular flexibility index (Phi) is 7.82. The molecule has 0 aromatic rings. The Hall–Kier alpha value is -0.160. The van der Waals surface area contributed by atoms with Crippen LogP contribution >= 0.6 is 0 Å². The second-order valence-electron chi connectivity index (χ2n) is 5.85. The number of aliphatic hydroxyl groups excluding tert-OH is 1. The Labute approximate surface area is 112 Å². The molecule has 2 N–H and O–H groups in total. The molecule has 1 aliphatic rings. The van der Waals surface area contributed by atoms with E-state index in [-0.39, 0.29) is 6.10 Å². The van der Waals surface area contributed by atoms with Gasteiger partial charge < -0.3 is 15.2 Å². The topological polar surface area (TPSA) is 44.7 Å². The number of hydrogen-bond acceptors (Lipinski definition) is 4. The van der Waals surface area contributed by atoms with E-state index in [1.807, 2.05) is 0 Å². The van der Waals surface area contributed by atoms with E-state index in [4.69, 9.17) is 4.74 Å². The number of morpholine rings is 1. The predicted molar refractivity (Wildman–Crippen MR) is 74.8 cm³/mol. The zero-order valence-corrected chi connectivity index (χ0v) is 12.2. The average Bonchev–Trinajstić information content (AvgIpc) is 2.35. The maximum Gasteiger partial charge on any atom is 0.0791 e. The fraction of sp³-hybridized carbons (Fsp3) is 1.00. The SMILES string of the molecule is CC(C)CCC(C)NCC(O)CN1CCOCC1. The van der Waals surface area contributed by atoms with Crippen LogP contribution in [-0.4, -0.2) is 61.5 Å². The first-order valence-corrected chi connectivity index (χ1v) is 7.29. The molecular weight excluding hydrogens is 228 g/mol. The summed E-state index contributed by atoms with van der Waals surface area (Å²) < 4.78 is 5.29. The molecule has 18 heavy (non-hydrogen) atoms. The number of ether oxygens (including phenoxy) is 1. The number of nitrogens with zero attached hydrogens (tertiary/aromatic N) is 1. The van der Waals surface area contributed by atoms with Gasteiger partial charge in [0.1, 0.15) is 0 Å². The first kappa shape index (κ1) is 15.9. The number of rotatable bonds is 8. The molecule has 0 saturated carbocycles. The molecule has 2 unspecified atom stereocenters. The lowest BCUT2D eigenvalue weighted by Crippen LogP contribution is -2.44. The average molecular weight is 258 g/mol. The molecular formula is C14H30N2O2. The summed E-state index contributed by atoms with van der Waals surface area (Å²) in [6.45, 7) is 11.6. The minimum atomic E-state index is -0.274. The van der Waals surface area contributed by atoms with Crippen LogP contribution in [0.5, 0.6) is 0 Å². The van der Waals surface area contributed by atoms with E-state index >= 15 is 0 Å². The molecule has 1 rings (SSSR count). The smallest absolute Gasteiger partial charge is 0.0791 e. The van der Waals surface area contributed by atoms with Crippen LogP contribution in [-0.2, 0) is 4.74 Å². The minimum absolute atomic E-state index is 0.274. The Bertz CT molecular complexity index is 206. The van der Waals surface area contributed by atoms with Gasteiger partial charge in [-0.25, -0.2) is 0 Å². The summed E-state index contributed by atoms with van der Waals surface area (Å²) in [6, 6.07) is 0.492. The number of aliphatic hydroxyl groups is 1. The number of nitrogens with one attached hydrogen (secondary N) is 1. The summed E-state index contributed by atoms with van der Waals surface area (Å²) in [5, 5.41) is 13.4. The van der Waals surface area contributed by atoms with Gasteiger partial charge in [-0.2, -0.15) is 0 Å². The monoisotopic (exact) mass is 258 g/mol. The summed E-state index contributed by atoms with van der Waals surface area (Å²) in [5.74, 6) is 0.757. The molecule has 1 heterocycles. The van der Waals surface area contributed by atoms with Crippen molar-refractivity contribution >= 4 is 0 Å². The lowest BCUT2D eigenvalue weighted by molar-refractivity contribution is 0.0145. The zero-order valence-electron chi connectivity index (χ0n) is 12.2. The van der Waals surface area contributed by atoms with E-state index in [0.29, 0.717) is 12.6 Å². The predicted octanol–water partition coefficient (Wildman–Crippen LogP) is 1.09. The van der Waals surface area contributed by atoms with Gasteiger partial charge in [0.2, 0.25) is 0 Å². The maximum atomic E-state index is 9.98. The van der Waals surface area contributed by atoms with Crippen molar-refractivity contribution in [3.8, 4) is 0 Å². The third kappa shape index (κ3) is 7.31. The molecule has 4 heteroatoms. The molecule has 1 fully saturated rings. The maximum absolute atomic E-state index is 9.98. The molecule has 0 aromatic carbocycles. The zero-order chi connectivity index (χ0) is 13.4. The molecule has 0 radical (unpaired) electrons. The third-order valence-electron chi connectivity index (χ3n) is 3.45. The highest BCUT2D eigenvalue weighted by Crippen LogP contribution is 2.06. The van der Waals surface area contributed by atoms with Crippen LogP contribution in [0.4, 0.5) is 0 Å². The summed E-state index contributed by atoms with van der Waals surface area (Å²) in [6.07, 6.45) is 2.15. The fourth-order valence-corrected chi connectivity index (χ4v) is 2.17. The quantitative estimate of drug-likeness (QED) is 0.684. The highest BCUT2D eigenvalue weighted by molar-refractivity contribution is 4.71. The van der Waals surface area contributed by atoms with Crippen molar-refractivity contribution in [3.63, 3.8) is 0 Å². The normalized spacial score (nSPS) is 21.2. The highest BCUT2D eigenvalue weighted by atomic mass is 16.5. The molecule has 0 bridgehead atoms. The minimum Gasteiger partial charge on any atom is -0.390 e. The second-order valence-corrected chi connectivity index (χ2v) is 5.85. The van der Waals surface area contributed by atoms with Crippen LogP contribution < -0.4 is 5.32 Å². The third-order valence-corrected chi connectivity index (χ3v) is 3.45. The van der Waals surface area contributed by atoms with Crippen molar-refractivity contribution in [1.29, 1.82) is 0 Å². The highest BCUT2D eigenvalue weighted by Gasteiger charge is 2.15. The first-order chi connectivity index (χ1) is 8.58. The van der Waals surface area contributed by atoms with Gasteiger partial charge in [-0.15, -0.1) is 0 Å². The van der Waals surface area contributed by atoms with E-state index in [0.717, 1.165) is 38.8 Å². The van der Waals surface area contributed by atoms with Crippen LogP contribution in [0.15, 0.2) is 0 Å². The van der Waals surface area contributed by atoms with Crippen LogP contribution in [0.3, 0.4) is 0 Å². The van der Waals surface area contributed by atoms with Crippen LogP contribution in [0.2, 0.25) is 0 Å². The van der Waals surface area contributed by atoms with Crippen LogP contribution in [0, 0.1) is 5.92 Å². The molecule has 2 atom stereocenters. The van der Waals surface area contributed by atoms with E-state index in [2.05, 4.69) is 31.0 Å². The lowest BCUT2D eigenvalue weighted by atomic mass is 10.0. The molecule has 0 aromatic heterocycles. The van der Waals surface area contributed by atoms with E-state index in [1.165, 1.54) is 12.8 Å². The Morgan fingerprint density at radius 2 is 1.83 bits per heavy atom. The van der Waals surface area contributed by atoms with E-state index in [1.54, 1.807) is 0 Å². The van der Waals surface area contributed by atoms with Crippen molar-refractivity contribution in [3.05, 3.63) is 0 Å². The Balaban J connectivity index is 2.06. The number of β-amino-alcohol motifs (C(OH)–C–C–N with tert-alkyl or cyclic N) is 1. The summed E-state index contributed by atoms with van der Waals surface area (Å²) in [7, 11) is 0. The molecule has 0 amide bonds. The lowest BCUT2D eigenvalue weighted by Gasteiger charge is -2.29. The summed E-state index contributed by atoms with van der Waals surface area (Å²) in [4.78, 5) is 2.27. The van der Waals surface area contributed by atoms with Crippen LogP contribution in [0.25, 0.3) is 0 Å². The molecule has 1 aliphatic heterocycles. The van der Waals surface area contributed by atoms with Crippen molar-refractivity contribution in [2.24, 2.45) is 5.92 Å². The summed E-state index contributed by atoms with van der Waals surface area (Å²) in [5.41, 5.74) is 0. The van der Waals surface area contributed by atoms with Gasteiger partial charge in [-0.05, 0) is 25.7 Å².